The molecule has 2 aliphatic rings. The first-order chi connectivity index (χ1) is 8.66. The van der Waals surface area contributed by atoms with Crippen LogP contribution >= 0.6 is 0 Å². The zero-order valence-electron chi connectivity index (χ0n) is 11.5. The molecule has 2 heterocycles. The van der Waals surface area contributed by atoms with Crippen LogP contribution in [-0.2, 0) is 4.79 Å². The van der Waals surface area contributed by atoms with Gasteiger partial charge in [0.15, 0.2) is 0 Å². The lowest BCUT2D eigenvalue weighted by Crippen LogP contribution is -2.56. The van der Waals surface area contributed by atoms with Gasteiger partial charge in [0.25, 0.3) is 0 Å². The fourth-order valence-electron chi connectivity index (χ4n) is 3.51. The van der Waals surface area contributed by atoms with E-state index in [4.69, 9.17) is 0 Å². The fraction of sp³-hybridized carbons (Fsp3) is 0.929. The summed E-state index contributed by atoms with van der Waals surface area (Å²) in [7, 11) is 0. The van der Waals surface area contributed by atoms with Crippen LogP contribution in [0.5, 0.6) is 0 Å². The van der Waals surface area contributed by atoms with E-state index in [0.29, 0.717) is 5.92 Å². The Morgan fingerprint density at radius 2 is 2.28 bits per heavy atom. The lowest BCUT2D eigenvalue weighted by Gasteiger charge is -2.40. The average Bonchev–Trinajstić information content (AvgIpc) is 2.40. The molecule has 0 aliphatic carbocycles. The Hall–Kier alpha value is -0.610. The van der Waals surface area contributed by atoms with Crippen LogP contribution in [0.25, 0.3) is 0 Å². The van der Waals surface area contributed by atoms with E-state index in [0.717, 1.165) is 45.3 Å². The van der Waals surface area contributed by atoms with E-state index in [1.54, 1.807) is 0 Å². The van der Waals surface area contributed by atoms with Crippen LogP contribution in [0.2, 0.25) is 0 Å². The van der Waals surface area contributed by atoms with E-state index in [2.05, 4.69) is 17.1 Å². The standard InChI is InChI=1S/C14H26N2O2/c1-2-16-9-5-6-12(11-16)10-14(13(17)18)7-3-4-8-15-14/h12,15H,2-11H2,1H3,(H,17,18). The van der Waals surface area contributed by atoms with Crippen molar-refractivity contribution >= 4 is 5.97 Å². The van der Waals surface area contributed by atoms with Gasteiger partial charge >= 0.3 is 5.97 Å². The normalized spacial score (nSPS) is 34.4. The van der Waals surface area contributed by atoms with Gasteiger partial charge in [-0.1, -0.05) is 6.92 Å². The van der Waals surface area contributed by atoms with Gasteiger partial charge in [-0.25, -0.2) is 0 Å². The minimum absolute atomic E-state index is 0.542. The molecule has 2 unspecified atom stereocenters. The highest BCUT2D eigenvalue weighted by Gasteiger charge is 2.41. The molecule has 0 spiro atoms. The number of carboxylic acids is 1. The van der Waals surface area contributed by atoms with Crippen LogP contribution in [0, 0.1) is 5.92 Å². The predicted octanol–water partition coefficient (Wildman–Crippen LogP) is 1.71. The number of carboxylic acid groups (broad SMARTS) is 1. The molecule has 0 bridgehead atoms. The molecule has 2 atom stereocenters. The first kappa shape index (κ1) is 13.8. The summed E-state index contributed by atoms with van der Waals surface area (Å²) in [5, 5.41) is 12.9. The summed E-state index contributed by atoms with van der Waals surface area (Å²) < 4.78 is 0. The van der Waals surface area contributed by atoms with Crippen molar-refractivity contribution in [2.24, 2.45) is 5.92 Å². The number of aliphatic carboxylic acids is 1. The lowest BCUT2D eigenvalue weighted by atomic mass is 9.78. The zero-order valence-corrected chi connectivity index (χ0v) is 11.5. The largest absolute Gasteiger partial charge is 0.480 e. The number of nitrogens with one attached hydrogen (secondary N) is 1. The molecule has 2 N–H and O–H groups in total. The molecule has 0 aromatic heterocycles. The predicted molar refractivity (Wildman–Crippen MR) is 71.7 cm³/mol. The van der Waals surface area contributed by atoms with Crippen molar-refractivity contribution in [1.82, 2.24) is 10.2 Å². The van der Waals surface area contributed by atoms with Crippen molar-refractivity contribution < 1.29 is 9.90 Å². The molecule has 4 heteroatoms. The molecule has 0 aromatic carbocycles. The third kappa shape index (κ3) is 3.04. The molecule has 0 amide bonds. The highest BCUT2D eigenvalue weighted by Crippen LogP contribution is 2.31. The van der Waals surface area contributed by atoms with Crippen LogP contribution in [-0.4, -0.2) is 47.7 Å². The maximum absolute atomic E-state index is 11.6. The lowest BCUT2D eigenvalue weighted by molar-refractivity contribution is -0.147. The topological polar surface area (TPSA) is 52.6 Å². The zero-order chi connectivity index (χ0) is 13.0. The first-order valence-corrected chi connectivity index (χ1v) is 7.37. The summed E-state index contributed by atoms with van der Waals surface area (Å²) in [6, 6.07) is 0. The maximum atomic E-state index is 11.6. The summed E-state index contributed by atoms with van der Waals surface area (Å²) >= 11 is 0. The molecule has 0 radical (unpaired) electrons. The van der Waals surface area contributed by atoms with E-state index in [1.165, 1.54) is 19.4 Å². The monoisotopic (exact) mass is 254 g/mol. The first-order valence-electron chi connectivity index (χ1n) is 7.37. The minimum atomic E-state index is -0.643. The van der Waals surface area contributed by atoms with Gasteiger partial charge in [0.05, 0.1) is 0 Å². The van der Waals surface area contributed by atoms with Crippen molar-refractivity contribution in [3.8, 4) is 0 Å². The molecular formula is C14H26N2O2. The third-order valence-electron chi connectivity index (χ3n) is 4.59. The quantitative estimate of drug-likeness (QED) is 0.802. The number of likely N-dealkylation sites (tertiary alicyclic amines) is 1. The van der Waals surface area contributed by atoms with E-state index >= 15 is 0 Å². The van der Waals surface area contributed by atoms with Crippen LogP contribution in [0.3, 0.4) is 0 Å². The molecule has 2 rings (SSSR count). The number of carbonyl (C=O) groups is 1. The van der Waals surface area contributed by atoms with Gasteiger partial charge in [0.2, 0.25) is 0 Å². The molecule has 18 heavy (non-hydrogen) atoms. The fourth-order valence-corrected chi connectivity index (χ4v) is 3.51. The summed E-state index contributed by atoms with van der Waals surface area (Å²) in [5.41, 5.74) is -0.639. The van der Waals surface area contributed by atoms with E-state index in [9.17, 15) is 9.90 Å². The maximum Gasteiger partial charge on any atom is 0.323 e. The minimum Gasteiger partial charge on any atom is -0.480 e. The van der Waals surface area contributed by atoms with Crippen LogP contribution in [0.1, 0.15) is 45.4 Å². The van der Waals surface area contributed by atoms with Crippen LogP contribution in [0.4, 0.5) is 0 Å². The van der Waals surface area contributed by atoms with E-state index in [-0.39, 0.29) is 0 Å². The summed E-state index contributed by atoms with van der Waals surface area (Å²) in [6.45, 7) is 6.39. The van der Waals surface area contributed by atoms with Gasteiger partial charge in [0.1, 0.15) is 5.54 Å². The Morgan fingerprint density at radius 3 is 2.89 bits per heavy atom. The molecule has 2 saturated heterocycles. The van der Waals surface area contributed by atoms with Gasteiger partial charge in [-0.2, -0.15) is 0 Å². The second-order valence-corrected chi connectivity index (χ2v) is 5.88. The average molecular weight is 254 g/mol. The van der Waals surface area contributed by atoms with Gasteiger partial charge in [-0.3, -0.25) is 4.79 Å². The number of piperidine rings is 2. The van der Waals surface area contributed by atoms with Crippen molar-refractivity contribution in [1.29, 1.82) is 0 Å². The van der Waals surface area contributed by atoms with E-state index < -0.39 is 11.5 Å². The highest BCUT2D eigenvalue weighted by atomic mass is 16.4. The Balaban J connectivity index is 1.98. The Bertz CT molecular complexity index is 288. The molecule has 0 saturated carbocycles. The number of hydrogen-bond acceptors (Lipinski definition) is 3. The highest BCUT2D eigenvalue weighted by molar-refractivity contribution is 5.79. The molecular weight excluding hydrogens is 228 g/mol. The molecule has 4 nitrogen and oxygen atoms in total. The van der Waals surface area contributed by atoms with Gasteiger partial charge in [0, 0.05) is 6.54 Å². The number of rotatable bonds is 4. The van der Waals surface area contributed by atoms with Crippen LogP contribution in [0.15, 0.2) is 0 Å². The van der Waals surface area contributed by atoms with E-state index in [1.807, 2.05) is 0 Å². The molecule has 104 valence electrons. The summed E-state index contributed by atoms with van der Waals surface area (Å²) in [6.07, 6.45) is 6.16. The Labute approximate surface area is 110 Å². The Morgan fingerprint density at radius 1 is 1.44 bits per heavy atom. The summed E-state index contributed by atoms with van der Waals surface area (Å²) in [5.74, 6) is -0.101. The van der Waals surface area contributed by atoms with Crippen molar-refractivity contribution in [3.63, 3.8) is 0 Å². The number of nitrogens with zero attached hydrogens (tertiary/aromatic N) is 1. The van der Waals surface area contributed by atoms with Crippen molar-refractivity contribution in [2.45, 2.75) is 51.0 Å². The van der Waals surface area contributed by atoms with Gasteiger partial charge < -0.3 is 15.3 Å². The van der Waals surface area contributed by atoms with Crippen molar-refractivity contribution in [3.05, 3.63) is 0 Å². The van der Waals surface area contributed by atoms with Gasteiger partial charge in [-0.15, -0.1) is 0 Å². The smallest absolute Gasteiger partial charge is 0.323 e. The van der Waals surface area contributed by atoms with Gasteiger partial charge in [-0.05, 0) is 64.1 Å². The van der Waals surface area contributed by atoms with Crippen molar-refractivity contribution in [2.75, 3.05) is 26.2 Å². The Kier molecular flexibility index (Phi) is 4.62. The SMILES string of the molecule is CCN1CCCC(CC2(C(=O)O)CCCCN2)C1. The molecule has 2 aliphatic heterocycles. The summed E-state index contributed by atoms with van der Waals surface area (Å²) in [4.78, 5) is 14.1. The molecule has 0 aromatic rings. The third-order valence-corrected chi connectivity index (χ3v) is 4.59. The molecule has 2 fully saturated rings. The van der Waals surface area contributed by atoms with Crippen LogP contribution < -0.4 is 5.32 Å². The number of hydrogen-bond donors (Lipinski definition) is 2. The second-order valence-electron chi connectivity index (χ2n) is 5.88. The second kappa shape index (κ2) is 6.02.